The molecule has 4 rings (SSSR count). The van der Waals surface area contributed by atoms with Gasteiger partial charge in [-0.15, -0.1) is 0 Å². The molecule has 0 radical (unpaired) electrons. The number of aromatic nitrogens is 1. The molecule has 1 aliphatic rings. The van der Waals surface area contributed by atoms with E-state index in [1.54, 1.807) is 6.07 Å². The van der Waals surface area contributed by atoms with E-state index < -0.39 is 29.7 Å². The second kappa shape index (κ2) is 9.97. The Bertz CT molecular complexity index is 1380. The number of pyridine rings is 1. The Morgan fingerprint density at radius 1 is 1.03 bits per heavy atom. The molecule has 0 saturated carbocycles. The first-order valence-electron chi connectivity index (χ1n) is 10.6. The molecule has 1 aliphatic heterocycles. The topological polar surface area (TPSA) is 121 Å². The van der Waals surface area contributed by atoms with Crippen molar-refractivity contribution < 1.29 is 37.1 Å². The maximum absolute atomic E-state index is 13.3. The summed E-state index contributed by atoms with van der Waals surface area (Å²) < 4.78 is 45.5. The van der Waals surface area contributed by atoms with Crippen LogP contribution in [0.25, 0.3) is 0 Å². The molecule has 1 saturated heterocycles. The first-order valence-corrected chi connectivity index (χ1v) is 10.6. The van der Waals surface area contributed by atoms with Crippen molar-refractivity contribution >= 4 is 41.3 Å². The molecule has 2 N–H and O–H groups in total. The highest BCUT2D eigenvalue weighted by molar-refractivity contribution is 6.21. The van der Waals surface area contributed by atoms with Crippen molar-refractivity contribution in [2.45, 2.75) is 6.18 Å². The number of rotatable bonds is 6. The predicted molar refractivity (Wildman–Crippen MR) is 126 cm³/mol. The number of carbonyl (C=O) groups excluding carboxylic acids is 4. The zero-order valence-corrected chi connectivity index (χ0v) is 19.1. The Balaban J connectivity index is 1.51. The highest BCUT2D eigenvalue weighted by atomic mass is 19.4. The molecule has 0 unspecified atom stereocenters. The molecular formula is C24H18F3N5O5. The lowest BCUT2D eigenvalue weighted by atomic mass is 10.1. The maximum Gasteiger partial charge on any atom is 0.416 e. The summed E-state index contributed by atoms with van der Waals surface area (Å²) in [5.74, 6) is 0.0920. The van der Waals surface area contributed by atoms with Gasteiger partial charge in [0.2, 0.25) is 0 Å². The van der Waals surface area contributed by atoms with Crippen molar-refractivity contribution in [3.63, 3.8) is 0 Å². The largest absolute Gasteiger partial charge is 0.457 e. The van der Waals surface area contributed by atoms with Crippen molar-refractivity contribution in [1.82, 2.24) is 9.88 Å². The van der Waals surface area contributed by atoms with Gasteiger partial charge in [0.05, 0.1) is 16.9 Å². The van der Waals surface area contributed by atoms with Gasteiger partial charge in [-0.25, -0.2) is 14.5 Å². The molecule has 0 spiro atoms. The molecule has 13 heteroatoms. The number of anilines is 3. The molecule has 37 heavy (non-hydrogen) atoms. The van der Waals surface area contributed by atoms with Gasteiger partial charge in [-0.1, -0.05) is 0 Å². The Morgan fingerprint density at radius 3 is 2.38 bits per heavy atom. The third-order valence-corrected chi connectivity index (χ3v) is 5.17. The Kier molecular flexibility index (Phi) is 6.78. The van der Waals surface area contributed by atoms with Crippen LogP contribution in [0.2, 0.25) is 0 Å². The number of likely N-dealkylation sites (N-methyl/N-ethyl adjacent to an activating group) is 1. The number of ether oxygens (including phenoxy) is 1. The number of nitrogens with zero attached hydrogens (tertiary/aromatic N) is 3. The average molecular weight is 513 g/mol. The summed E-state index contributed by atoms with van der Waals surface area (Å²) in [6.07, 6.45) is -2.75. The molecular weight excluding hydrogens is 495 g/mol. The van der Waals surface area contributed by atoms with Crippen molar-refractivity contribution in [1.29, 1.82) is 0 Å². The minimum Gasteiger partial charge on any atom is -0.457 e. The lowest BCUT2D eigenvalue weighted by molar-refractivity contribution is -0.137. The molecule has 1 aromatic heterocycles. The first-order chi connectivity index (χ1) is 17.5. The number of nitrogens with one attached hydrogen (secondary N) is 2. The standard InChI is InChI=1S/C24H18F3N5O5/c1-31-12-21(34)32(23(31)36)20-7-2-14(24(25,26)27)10-19(20)30-22(35)29-15-3-5-17(6-4-15)37-18-8-9-28-16(11-18)13-33/h2-11,13H,12H2,1H3,(H2,29,30,35). The highest BCUT2D eigenvalue weighted by Crippen LogP contribution is 2.37. The number of hydrogen-bond acceptors (Lipinski definition) is 6. The van der Waals surface area contributed by atoms with Gasteiger partial charge in [0.1, 0.15) is 23.7 Å². The van der Waals surface area contributed by atoms with Crippen LogP contribution in [0.4, 0.5) is 39.8 Å². The van der Waals surface area contributed by atoms with E-state index in [9.17, 15) is 32.3 Å². The van der Waals surface area contributed by atoms with Gasteiger partial charge in [-0.05, 0) is 48.5 Å². The van der Waals surface area contributed by atoms with Crippen LogP contribution < -0.4 is 20.3 Å². The number of urea groups is 2. The number of amides is 5. The molecule has 0 atom stereocenters. The van der Waals surface area contributed by atoms with E-state index in [0.29, 0.717) is 28.8 Å². The number of halogens is 3. The third-order valence-electron chi connectivity index (χ3n) is 5.17. The number of imide groups is 1. The summed E-state index contributed by atoms with van der Waals surface area (Å²) in [5.41, 5.74) is -1.19. The molecule has 0 aliphatic carbocycles. The molecule has 10 nitrogen and oxygen atoms in total. The van der Waals surface area contributed by atoms with E-state index in [4.69, 9.17) is 4.74 Å². The van der Waals surface area contributed by atoms with Crippen molar-refractivity contribution in [3.05, 3.63) is 72.1 Å². The maximum atomic E-state index is 13.3. The van der Waals surface area contributed by atoms with Crippen LogP contribution in [0.3, 0.4) is 0 Å². The van der Waals surface area contributed by atoms with E-state index in [1.165, 1.54) is 43.6 Å². The number of benzene rings is 2. The second-order valence-corrected chi connectivity index (χ2v) is 7.84. The third kappa shape index (κ3) is 5.66. The first kappa shape index (κ1) is 25.2. The van der Waals surface area contributed by atoms with E-state index in [1.807, 2.05) is 0 Å². The Morgan fingerprint density at radius 2 is 1.76 bits per heavy atom. The highest BCUT2D eigenvalue weighted by Gasteiger charge is 2.38. The lowest BCUT2D eigenvalue weighted by Gasteiger charge is -2.20. The van der Waals surface area contributed by atoms with Gasteiger partial charge in [0.15, 0.2) is 6.29 Å². The van der Waals surface area contributed by atoms with Crippen LogP contribution in [0, 0.1) is 0 Å². The molecule has 0 bridgehead atoms. The van der Waals surface area contributed by atoms with Crippen LogP contribution in [-0.2, 0) is 11.0 Å². The van der Waals surface area contributed by atoms with Crippen LogP contribution >= 0.6 is 0 Å². The Hall–Kier alpha value is -4.94. The van der Waals surface area contributed by atoms with Crippen molar-refractivity contribution in [2.24, 2.45) is 0 Å². The normalized spacial score (nSPS) is 13.5. The number of hydrogen-bond donors (Lipinski definition) is 2. The summed E-state index contributed by atoms with van der Waals surface area (Å²) in [5, 5.41) is 4.75. The summed E-state index contributed by atoms with van der Waals surface area (Å²) in [4.78, 5) is 53.7. The fourth-order valence-corrected chi connectivity index (χ4v) is 3.45. The van der Waals surface area contributed by atoms with E-state index in [0.717, 1.165) is 17.0 Å². The van der Waals surface area contributed by atoms with Crippen molar-refractivity contribution in [3.8, 4) is 11.5 Å². The van der Waals surface area contributed by atoms with E-state index >= 15 is 0 Å². The van der Waals surface area contributed by atoms with Gasteiger partial charge >= 0.3 is 18.2 Å². The van der Waals surface area contributed by atoms with Gasteiger partial charge in [0.25, 0.3) is 5.91 Å². The SMILES string of the molecule is CN1CC(=O)N(c2ccc(C(F)(F)F)cc2NC(=O)Nc2ccc(Oc3ccnc(C=O)c3)cc2)C1=O. The summed E-state index contributed by atoms with van der Waals surface area (Å²) in [6.45, 7) is -0.254. The zero-order valence-electron chi connectivity index (χ0n) is 19.1. The number of carbonyl (C=O) groups is 4. The Labute approximate surface area is 207 Å². The fourth-order valence-electron chi connectivity index (χ4n) is 3.45. The minimum absolute atomic E-state index is 0.186. The molecule has 1 fully saturated rings. The summed E-state index contributed by atoms with van der Waals surface area (Å²) in [7, 11) is 1.37. The molecule has 2 heterocycles. The lowest BCUT2D eigenvalue weighted by Crippen LogP contribution is -2.33. The van der Waals surface area contributed by atoms with Gasteiger partial charge < -0.3 is 20.3 Å². The van der Waals surface area contributed by atoms with Crippen molar-refractivity contribution in [2.75, 3.05) is 29.1 Å². The van der Waals surface area contributed by atoms with Crippen LogP contribution in [-0.4, -0.2) is 47.7 Å². The van der Waals surface area contributed by atoms with Crippen LogP contribution in [0.5, 0.6) is 11.5 Å². The molecule has 2 aromatic carbocycles. The molecule has 190 valence electrons. The van der Waals surface area contributed by atoms with E-state index in [-0.39, 0.29) is 29.3 Å². The smallest absolute Gasteiger partial charge is 0.416 e. The molecule has 5 amide bonds. The molecule has 3 aromatic rings. The van der Waals surface area contributed by atoms with Gasteiger partial charge in [-0.2, -0.15) is 13.2 Å². The van der Waals surface area contributed by atoms with E-state index in [2.05, 4.69) is 15.6 Å². The predicted octanol–water partition coefficient (Wildman–Crippen LogP) is 4.75. The monoisotopic (exact) mass is 513 g/mol. The van der Waals surface area contributed by atoms with Gasteiger partial charge in [-0.3, -0.25) is 14.6 Å². The average Bonchev–Trinajstić information content (AvgIpc) is 3.10. The van der Waals surface area contributed by atoms with Gasteiger partial charge in [0, 0.05) is 25.0 Å². The number of alkyl halides is 3. The minimum atomic E-state index is -4.72. The quantitative estimate of drug-likeness (QED) is 0.363. The van der Waals surface area contributed by atoms with Crippen LogP contribution in [0.15, 0.2) is 60.8 Å². The summed E-state index contributed by atoms with van der Waals surface area (Å²) >= 11 is 0. The zero-order chi connectivity index (χ0) is 26.7. The van der Waals surface area contributed by atoms with Crippen LogP contribution in [0.1, 0.15) is 16.1 Å². The fraction of sp³-hybridized carbons (Fsp3) is 0.125. The number of aldehydes is 1. The summed E-state index contributed by atoms with van der Waals surface area (Å²) in [6, 6.07) is 9.65. The second-order valence-electron chi connectivity index (χ2n) is 7.84.